The molecule has 0 saturated carbocycles. The predicted octanol–water partition coefficient (Wildman–Crippen LogP) is 5.88. The molecule has 0 radical (unpaired) electrons. The normalized spacial score (nSPS) is 12.0. The van der Waals surface area contributed by atoms with Gasteiger partial charge in [-0.05, 0) is 94.9 Å². The van der Waals surface area contributed by atoms with Crippen LogP contribution >= 0.6 is 61.1 Å². The number of carbonyl (C=O) groups is 1. The average molecular weight is 752 g/mol. The summed E-state index contributed by atoms with van der Waals surface area (Å²) >= 11 is 7.72. The van der Waals surface area contributed by atoms with Crippen molar-refractivity contribution in [2.45, 2.75) is 46.1 Å². The maximum absolute atomic E-state index is 13.3. The van der Waals surface area contributed by atoms with Crippen molar-refractivity contribution in [3.05, 3.63) is 63.7 Å². The van der Waals surface area contributed by atoms with Crippen LogP contribution in [0.1, 0.15) is 46.0 Å². The summed E-state index contributed by atoms with van der Waals surface area (Å²) in [4.78, 5) is 29.9. The molecule has 2 aromatic carbocycles. The van der Waals surface area contributed by atoms with Crippen molar-refractivity contribution in [2.24, 2.45) is 5.10 Å². The molecule has 0 amide bonds. The summed E-state index contributed by atoms with van der Waals surface area (Å²) in [5.74, 6) is 0.747. The van der Waals surface area contributed by atoms with Gasteiger partial charge in [0.1, 0.15) is 11.6 Å². The zero-order valence-electron chi connectivity index (χ0n) is 19.4. The van der Waals surface area contributed by atoms with E-state index in [9.17, 15) is 9.59 Å². The topological polar surface area (TPSA) is 82.8 Å². The van der Waals surface area contributed by atoms with E-state index in [4.69, 9.17) is 14.5 Å². The highest BCUT2D eigenvalue weighted by Crippen LogP contribution is 2.29. The van der Waals surface area contributed by atoms with Crippen LogP contribution in [0.15, 0.2) is 44.7 Å². The van der Waals surface area contributed by atoms with E-state index >= 15 is 0 Å². The molecule has 1 aromatic heterocycles. The van der Waals surface area contributed by atoms with Crippen molar-refractivity contribution in [3.63, 3.8) is 0 Å². The summed E-state index contributed by atoms with van der Waals surface area (Å²) in [6, 6.07) is 9.20. The molecule has 0 aliphatic rings. The van der Waals surface area contributed by atoms with E-state index in [0.717, 1.165) is 17.2 Å². The van der Waals surface area contributed by atoms with Gasteiger partial charge >= 0.3 is 5.97 Å². The summed E-state index contributed by atoms with van der Waals surface area (Å²) < 4.78 is 14.6. The van der Waals surface area contributed by atoms with Crippen LogP contribution in [-0.2, 0) is 14.9 Å². The lowest BCUT2D eigenvalue weighted by atomic mass is 9.95. The third-order valence-corrected chi connectivity index (χ3v) is 6.62. The summed E-state index contributed by atoms with van der Waals surface area (Å²) in [5.41, 5.74) is 0.779. The third kappa shape index (κ3) is 6.56. The van der Waals surface area contributed by atoms with Crippen molar-refractivity contribution < 1.29 is 14.3 Å². The molecule has 1 heterocycles. The van der Waals surface area contributed by atoms with Gasteiger partial charge in [-0.3, -0.25) is 4.79 Å². The fraction of sp³-hybridized carbons (Fsp3) is 0.333. The SMILES string of the molecule is CC(C)OC(=O)COc1c(I)cc(C=Nn2c(C(C)(C)C)nc3ccc(Br)cc3c2=O)cc1I. The highest BCUT2D eigenvalue weighted by Gasteiger charge is 2.23. The molecule has 7 nitrogen and oxygen atoms in total. The molecule has 0 bridgehead atoms. The van der Waals surface area contributed by atoms with Crippen LogP contribution in [0.4, 0.5) is 0 Å². The maximum atomic E-state index is 13.3. The van der Waals surface area contributed by atoms with Gasteiger partial charge in [-0.15, -0.1) is 0 Å². The quantitative estimate of drug-likeness (QED) is 0.179. The zero-order valence-corrected chi connectivity index (χ0v) is 25.3. The molecule has 3 rings (SSSR count). The van der Waals surface area contributed by atoms with Gasteiger partial charge in [-0.1, -0.05) is 36.7 Å². The van der Waals surface area contributed by atoms with Crippen LogP contribution in [0.3, 0.4) is 0 Å². The second-order valence-corrected chi connectivity index (χ2v) is 12.1. The van der Waals surface area contributed by atoms with Gasteiger partial charge in [0, 0.05) is 9.89 Å². The first-order valence-corrected chi connectivity index (χ1v) is 13.4. The Morgan fingerprint density at radius 2 is 1.85 bits per heavy atom. The number of aromatic nitrogens is 2. The van der Waals surface area contributed by atoms with E-state index < -0.39 is 11.4 Å². The van der Waals surface area contributed by atoms with Crippen LogP contribution in [0.2, 0.25) is 0 Å². The fourth-order valence-electron chi connectivity index (χ4n) is 3.09. The molecule has 180 valence electrons. The first kappa shape index (κ1) is 27.1. The van der Waals surface area contributed by atoms with E-state index in [2.05, 4.69) is 66.2 Å². The van der Waals surface area contributed by atoms with Crippen LogP contribution in [0, 0.1) is 7.14 Å². The number of ether oxygens (including phenoxy) is 2. The third-order valence-electron chi connectivity index (χ3n) is 4.52. The maximum Gasteiger partial charge on any atom is 0.344 e. The Labute approximate surface area is 233 Å². The highest BCUT2D eigenvalue weighted by atomic mass is 127. The van der Waals surface area contributed by atoms with E-state index in [1.54, 1.807) is 26.1 Å². The lowest BCUT2D eigenvalue weighted by Crippen LogP contribution is -2.29. The lowest BCUT2D eigenvalue weighted by molar-refractivity contribution is -0.149. The number of hydrogen-bond donors (Lipinski definition) is 0. The summed E-state index contributed by atoms with van der Waals surface area (Å²) in [6.07, 6.45) is 1.43. The van der Waals surface area contributed by atoms with Crippen molar-refractivity contribution in [3.8, 4) is 5.75 Å². The van der Waals surface area contributed by atoms with Gasteiger partial charge in [0.15, 0.2) is 6.61 Å². The zero-order chi connectivity index (χ0) is 25.2. The Morgan fingerprint density at radius 3 is 2.44 bits per heavy atom. The molecule has 0 N–H and O–H groups in total. The second-order valence-electron chi connectivity index (χ2n) is 8.85. The molecule has 3 aromatic rings. The molecule has 10 heteroatoms. The Kier molecular flexibility index (Phi) is 8.77. The minimum absolute atomic E-state index is 0.166. The Morgan fingerprint density at radius 1 is 1.21 bits per heavy atom. The minimum Gasteiger partial charge on any atom is -0.480 e. The van der Waals surface area contributed by atoms with Crippen molar-refractivity contribution >= 4 is 84.2 Å². The van der Waals surface area contributed by atoms with Crippen LogP contribution in [0.25, 0.3) is 10.9 Å². The van der Waals surface area contributed by atoms with E-state index in [-0.39, 0.29) is 18.3 Å². The number of esters is 1. The minimum atomic E-state index is -0.420. The van der Waals surface area contributed by atoms with Crippen molar-refractivity contribution in [2.75, 3.05) is 6.61 Å². The Balaban J connectivity index is 1.97. The molecule has 34 heavy (non-hydrogen) atoms. The predicted molar refractivity (Wildman–Crippen MR) is 154 cm³/mol. The summed E-state index contributed by atoms with van der Waals surface area (Å²) in [5, 5.41) is 5.01. The van der Waals surface area contributed by atoms with E-state index in [1.165, 1.54) is 4.68 Å². The Bertz CT molecular complexity index is 1310. The van der Waals surface area contributed by atoms with Crippen LogP contribution < -0.4 is 10.3 Å². The molecule has 0 aliphatic carbocycles. The molecular formula is C24H24BrI2N3O4. The van der Waals surface area contributed by atoms with E-state index in [1.807, 2.05) is 45.0 Å². The summed E-state index contributed by atoms with van der Waals surface area (Å²) in [7, 11) is 0. The molecule has 0 unspecified atom stereocenters. The van der Waals surface area contributed by atoms with Gasteiger partial charge in [0.05, 0.1) is 30.4 Å². The first-order valence-electron chi connectivity index (χ1n) is 10.5. The number of fused-ring (bicyclic) bond motifs is 1. The molecular weight excluding hydrogens is 728 g/mol. The Hall–Kier alpha value is -1.54. The molecule has 0 fully saturated rings. The average Bonchev–Trinajstić information content (AvgIpc) is 2.71. The molecule has 0 atom stereocenters. The highest BCUT2D eigenvalue weighted by molar-refractivity contribution is 14.1. The number of hydrogen-bond acceptors (Lipinski definition) is 6. The van der Waals surface area contributed by atoms with Crippen LogP contribution in [-0.4, -0.2) is 34.6 Å². The second kappa shape index (κ2) is 11.0. The summed E-state index contributed by atoms with van der Waals surface area (Å²) in [6.45, 7) is 9.40. The number of rotatable bonds is 6. The van der Waals surface area contributed by atoms with Gasteiger partial charge in [0.25, 0.3) is 5.56 Å². The van der Waals surface area contributed by atoms with Gasteiger partial charge < -0.3 is 9.47 Å². The van der Waals surface area contributed by atoms with Crippen molar-refractivity contribution in [1.29, 1.82) is 0 Å². The molecule has 0 aliphatic heterocycles. The van der Waals surface area contributed by atoms with Gasteiger partial charge in [-0.25, -0.2) is 9.78 Å². The standard InChI is InChI=1S/C24H24BrI2N3O4/c1-13(2)34-20(31)12-33-21-17(26)8-14(9-18(21)27)11-28-30-22(32)16-10-15(25)6-7-19(16)29-23(30)24(3,4)5/h6-11,13H,12H2,1-5H3. The fourth-order valence-corrected chi connectivity index (χ4v) is 5.57. The molecule has 0 spiro atoms. The lowest BCUT2D eigenvalue weighted by Gasteiger charge is -2.21. The number of halogens is 3. The van der Waals surface area contributed by atoms with Gasteiger partial charge in [-0.2, -0.15) is 9.78 Å². The smallest absolute Gasteiger partial charge is 0.344 e. The number of benzene rings is 2. The number of nitrogens with zero attached hydrogens (tertiary/aromatic N) is 3. The van der Waals surface area contributed by atoms with E-state index in [0.29, 0.717) is 22.5 Å². The monoisotopic (exact) mass is 751 g/mol. The van der Waals surface area contributed by atoms with Crippen LogP contribution in [0.5, 0.6) is 5.75 Å². The first-order chi connectivity index (χ1) is 15.9. The van der Waals surface area contributed by atoms with Gasteiger partial charge in [0.2, 0.25) is 0 Å². The molecule has 0 saturated heterocycles. The largest absolute Gasteiger partial charge is 0.480 e. The number of carbonyl (C=O) groups excluding carboxylic acids is 1. The van der Waals surface area contributed by atoms with Crippen molar-refractivity contribution in [1.82, 2.24) is 9.66 Å².